The van der Waals surface area contributed by atoms with E-state index in [0.29, 0.717) is 6.54 Å². The molecule has 84 valence electrons. The third-order valence-electron chi connectivity index (χ3n) is 2.50. The number of hydrogen-bond donors (Lipinski definition) is 1. The number of anilines is 1. The molecule has 1 aromatic heterocycles. The van der Waals surface area contributed by atoms with Crippen molar-refractivity contribution in [1.82, 2.24) is 10.0 Å². The van der Waals surface area contributed by atoms with Gasteiger partial charge in [0.2, 0.25) is 0 Å². The van der Waals surface area contributed by atoms with E-state index < -0.39 is 0 Å². The Morgan fingerprint density at radius 2 is 2.12 bits per heavy atom. The summed E-state index contributed by atoms with van der Waals surface area (Å²) < 4.78 is 0. The van der Waals surface area contributed by atoms with Crippen LogP contribution in [0.15, 0.2) is 30.3 Å². The first-order valence-electron chi connectivity index (χ1n) is 5.10. The number of nitrogens with two attached hydrogens (primary N) is 1. The molecule has 2 aromatic rings. The Hall–Kier alpha value is -1.65. The van der Waals surface area contributed by atoms with Gasteiger partial charge in [0.05, 0.1) is 24.9 Å². The minimum atomic E-state index is 0.617. The minimum absolute atomic E-state index is 0.617. The average Bonchev–Trinajstić information content (AvgIpc) is 2.29. The lowest BCUT2D eigenvalue weighted by atomic mass is 10.1. The van der Waals surface area contributed by atoms with Crippen molar-refractivity contribution in [2.24, 2.45) is 0 Å². The molecular formula is C12H15N3O. The van der Waals surface area contributed by atoms with Gasteiger partial charge < -0.3 is 10.6 Å². The zero-order valence-corrected chi connectivity index (χ0v) is 9.47. The maximum Gasteiger partial charge on any atom is 0.0726 e. The van der Waals surface area contributed by atoms with Gasteiger partial charge >= 0.3 is 0 Å². The first kappa shape index (κ1) is 10.9. The van der Waals surface area contributed by atoms with Crippen LogP contribution in [0.25, 0.3) is 10.9 Å². The molecular weight excluding hydrogens is 202 g/mol. The molecule has 0 radical (unpaired) electrons. The first-order chi connectivity index (χ1) is 7.70. The molecule has 0 atom stereocenters. The van der Waals surface area contributed by atoms with Gasteiger partial charge in [0.15, 0.2) is 0 Å². The molecule has 4 nitrogen and oxygen atoms in total. The van der Waals surface area contributed by atoms with Crippen molar-refractivity contribution in [2.75, 3.05) is 19.9 Å². The second-order valence-electron chi connectivity index (χ2n) is 3.69. The molecule has 0 amide bonds. The fourth-order valence-corrected chi connectivity index (χ4v) is 1.63. The van der Waals surface area contributed by atoms with Crippen LogP contribution in [0.2, 0.25) is 0 Å². The highest BCUT2D eigenvalue weighted by Gasteiger charge is 2.04. The van der Waals surface area contributed by atoms with E-state index in [1.54, 1.807) is 12.2 Å². The normalized spacial score (nSPS) is 11.2. The Labute approximate surface area is 94.6 Å². The first-order valence-corrected chi connectivity index (χ1v) is 5.10. The van der Waals surface area contributed by atoms with Crippen LogP contribution in [-0.2, 0) is 11.4 Å². The Balaban J connectivity index is 2.41. The number of hydroxylamine groups is 2. The van der Waals surface area contributed by atoms with E-state index in [2.05, 4.69) is 4.98 Å². The van der Waals surface area contributed by atoms with E-state index in [1.807, 2.05) is 37.4 Å². The largest absolute Gasteiger partial charge is 0.398 e. The average molecular weight is 217 g/mol. The summed E-state index contributed by atoms with van der Waals surface area (Å²) in [4.78, 5) is 9.58. The summed E-state index contributed by atoms with van der Waals surface area (Å²) in [5, 5.41) is 2.70. The van der Waals surface area contributed by atoms with Crippen LogP contribution in [0, 0.1) is 0 Å². The van der Waals surface area contributed by atoms with E-state index in [1.165, 1.54) is 0 Å². The van der Waals surface area contributed by atoms with Crippen LogP contribution in [-0.4, -0.2) is 24.2 Å². The molecule has 0 saturated carbocycles. The van der Waals surface area contributed by atoms with Crippen LogP contribution >= 0.6 is 0 Å². The van der Waals surface area contributed by atoms with Gasteiger partial charge in [-0.1, -0.05) is 18.2 Å². The van der Waals surface area contributed by atoms with Crippen LogP contribution in [0.5, 0.6) is 0 Å². The van der Waals surface area contributed by atoms with Gasteiger partial charge in [0, 0.05) is 18.1 Å². The number of para-hydroxylation sites is 1. The number of fused-ring (bicyclic) bond motifs is 1. The summed E-state index contributed by atoms with van der Waals surface area (Å²) in [7, 11) is 3.48. The van der Waals surface area contributed by atoms with Crippen molar-refractivity contribution in [3.8, 4) is 0 Å². The summed E-state index contributed by atoms with van der Waals surface area (Å²) in [6.45, 7) is 0.617. The van der Waals surface area contributed by atoms with Gasteiger partial charge in [-0.15, -0.1) is 0 Å². The molecule has 0 bridgehead atoms. The zero-order chi connectivity index (χ0) is 11.5. The van der Waals surface area contributed by atoms with E-state index in [9.17, 15) is 0 Å². The van der Waals surface area contributed by atoms with Crippen LogP contribution in [0.3, 0.4) is 0 Å². The Bertz CT molecular complexity index is 499. The van der Waals surface area contributed by atoms with Crippen molar-refractivity contribution in [3.05, 3.63) is 36.0 Å². The maximum atomic E-state index is 5.97. The predicted molar refractivity (Wildman–Crippen MR) is 64.6 cm³/mol. The summed E-state index contributed by atoms with van der Waals surface area (Å²) in [5.74, 6) is 0. The standard InChI is InChI=1S/C12H15N3O/c1-15(16-2)8-9-7-11(13)10-5-3-4-6-12(10)14-9/h3-7H,8H2,1-2H3,(H2,13,14). The maximum absolute atomic E-state index is 5.97. The highest BCUT2D eigenvalue weighted by Crippen LogP contribution is 2.20. The molecule has 16 heavy (non-hydrogen) atoms. The quantitative estimate of drug-likeness (QED) is 0.797. The monoisotopic (exact) mass is 217 g/mol. The molecule has 4 heteroatoms. The Morgan fingerprint density at radius 1 is 1.38 bits per heavy atom. The van der Waals surface area contributed by atoms with Crippen molar-refractivity contribution in [2.45, 2.75) is 6.54 Å². The molecule has 0 fully saturated rings. The van der Waals surface area contributed by atoms with E-state index in [-0.39, 0.29) is 0 Å². The van der Waals surface area contributed by atoms with Gasteiger partial charge in [-0.05, 0) is 12.1 Å². The fraction of sp³-hybridized carbons (Fsp3) is 0.250. The van der Waals surface area contributed by atoms with Gasteiger partial charge in [-0.3, -0.25) is 4.98 Å². The highest BCUT2D eigenvalue weighted by molar-refractivity contribution is 5.90. The lowest BCUT2D eigenvalue weighted by molar-refractivity contribution is -0.117. The fourth-order valence-electron chi connectivity index (χ4n) is 1.63. The number of benzene rings is 1. The SMILES string of the molecule is CON(C)Cc1cc(N)c2ccccc2n1. The smallest absolute Gasteiger partial charge is 0.0726 e. The van der Waals surface area contributed by atoms with E-state index in [4.69, 9.17) is 10.6 Å². The van der Waals surface area contributed by atoms with Crippen molar-refractivity contribution >= 4 is 16.6 Å². The van der Waals surface area contributed by atoms with Crippen LogP contribution in [0.1, 0.15) is 5.69 Å². The van der Waals surface area contributed by atoms with E-state index in [0.717, 1.165) is 22.3 Å². The molecule has 1 aromatic carbocycles. The summed E-state index contributed by atoms with van der Waals surface area (Å²) >= 11 is 0. The van der Waals surface area contributed by atoms with E-state index >= 15 is 0 Å². The third-order valence-corrected chi connectivity index (χ3v) is 2.50. The number of pyridine rings is 1. The summed E-state index contributed by atoms with van der Waals surface area (Å²) in [5.41, 5.74) is 8.55. The third kappa shape index (κ3) is 2.13. The van der Waals surface area contributed by atoms with Gasteiger partial charge in [0.25, 0.3) is 0 Å². The number of hydrogen-bond acceptors (Lipinski definition) is 4. The van der Waals surface area contributed by atoms with Gasteiger partial charge in [-0.2, -0.15) is 5.06 Å². The molecule has 1 heterocycles. The second-order valence-corrected chi connectivity index (χ2v) is 3.69. The van der Waals surface area contributed by atoms with Crippen LogP contribution in [0.4, 0.5) is 5.69 Å². The Morgan fingerprint density at radius 3 is 2.88 bits per heavy atom. The van der Waals surface area contributed by atoms with Crippen molar-refractivity contribution in [1.29, 1.82) is 0 Å². The van der Waals surface area contributed by atoms with Crippen molar-refractivity contribution < 1.29 is 4.84 Å². The topological polar surface area (TPSA) is 51.4 Å². The molecule has 2 N–H and O–H groups in total. The Kier molecular flexibility index (Phi) is 3.03. The molecule has 0 aliphatic rings. The number of nitrogen functional groups attached to an aromatic ring is 1. The highest BCUT2D eigenvalue weighted by atomic mass is 16.7. The molecule has 0 aliphatic heterocycles. The number of nitrogens with zero attached hydrogens (tertiary/aromatic N) is 2. The molecule has 0 unspecified atom stereocenters. The molecule has 0 aliphatic carbocycles. The lowest BCUT2D eigenvalue weighted by Crippen LogP contribution is -2.16. The van der Waals surface area contributed by atoms with Gasteiger partial charge in [0.1, 0.15) is 0 Å². The number of aromatic nitrogens is 1. The number of rotatable bonds is 3. The summed E-state index contributed by atoms with van der Waals surface area (Å²) in [6, 6.07) is 9.74. The predicted octanol–water partition coefficient (Wildman–Crippen LogP) is 1.81. The molecule has 0 saturated heterocycles. The lowest BCUT2D eigenvalue weighted by Gasteiger charge is -2.13. The minimum Gasteiger partial charge on any atom is -0.398 e. The van der Waals surface area contributed by atoms with Crippen molar-refractivity contribution in [3.63, 3.8) is 0 Å². The van der Waals surface area contributed by atoms with Crippen LogP contribution < -0.4 is 5.73 Å². The summed E-state index contributed by atoms with van der Waals surface area (Å²) in [6.07, 6.45) is 0. The zero-order valence-electron chi connectivity index (χ0n) is 9.47. The molecule has 0 spiro atoms. The van der Waals surface area contributed by atoms with Gasteiger partial charge in [-0.25, -0.2) is 0 Å². The molecule has 2 rings (SSSR count). The second kappa shape index (κ2) is 4.47.